The van der Waals surface area contributed by atoms with Crippen molar-refractivity contribution in [1.82, 2.24) is 9.97 Å². The van der Waals surface area contributed by atoms with E-state index in [4.69, 9.17) is 15.0 Å². The number of nitrogens with one attached hydrogen (secondary N) is 2. The van der Waals surface area contributed by atoms with Crippen molar-refractivity contribution in [2.45, 2.75) is 19.9 Å². The van der Waals surface area contributed by atoms with Gasteiger partial charge in [-0.1, -0.05) is 0 Å². The van der Waals surface area contributed by atoms with E-state index in [1.807, 2.05) is 29.6 Å². The zero-order valence-corrected chi connectivity index (χ0v) is 15.1. The molecule has 6 nitrogen and oxygen atoms in total. The molecule has 0 fully saturated rings. The van der Waals surface area contributed by atoms with Crippen LogP contribution in [0.2, 0.25) is 0 Å². The van der Waals surface area contributed by atoms with E-state index in [0.717, 1.165) is 38.9 Å². The lowest BCUT2D eigenvalue weighted by atomic mass is 10.1. The van der Waals surface area contributed by atoms with Crippen molar-refractivity contribution in [3.05, 3.63) is 29.6 Å². The molecule has 0 saturated carbocycles. The van der Waals surface area contributed by atoms with Gasteiger partial charge in [-0.15, -0.1) is 11.3 Å². The van der Waals surface area contributed by atoms with Crippen molar-refractivity contribution in [3.63, 3.8) is 0 Å². The maximum atomic E-state index is 8.72. The number of ether oxygens (including phenoxy) is 1. The second-order valence-corrected chi connectivity index (χ2v) is 6.65. The normalized spacial score (nSPS) is 10.7. The number of fused-ring (bicyclic) bond motifs is 1. The number of hydrogen-bond acceptors (Lipinski definition) is 7. The summed E-state index contributed by atoms with van der Waals surface area (Å²) in [6.07, 6.45) is 0. The minimum Gasteiger partial charge on any atom is -0.496 e. The lowest BCUT2D eigenvalue weighted by Gasteiger charge is -2.09. The highest BCUT2D eigenvalue weighted by atomic mass is 32.1. The number of pyridine rings is 1. The van der Waals surface area contributed by atoms with Gasteiger partial charge in [-0.2, -0.15) is 5.26 Å². The van der Waals surface area contributed by atoms with E-state index in [9.17, 15) is 0 Å². The van der Waals surface area contributed by atoms with E-state index in [0.29, 0.717) is 6.04 Å². The lowest BCUT2D eigenvalue weighted by Crippen LogP contribution is -2.09. The van der Waals surface area contributed by atoms with Gasteiger partial charge in [-0.3, -0.25) is 0 Å². The van der Waals surface area contributed by atoms with Crippen molar-refractivity contribution >= 4 is 33.1 Å². The maximum absolute atomic E-state index is 8.72. The Bertz CT molecular complexity index is 929. The highest BCUT2D eigenvalue weighted by molar-refractivity contribution is 7.14. The van der Waals surface area contributed by atoms with Crippen LogP contribution in [-0.4, -0.2) is 29.7 Å². The van der Waals surface area contributed by atoms with Gasteiger partial charge < -0.3 is 15.4 Å². The zero-order chi connectivity index (χ0) is 17.8. The van der Waals surface area contributed by atoms with Crippen LogP contribution in [0.5, 0.6) is 5.75 Å². The van der Waals surface area contributed by atoms with Gasteiger partial charge in [-0.05, 0) is 32.0 Å². The summed E-state index contributed by atoms with van der Waals surface area (Å²) >= 11 is 1.55. The number of rotatable bonds is 6. The third kappa shape index (κ3) is 3.80. The third-order valence-electron chi connectivity index (χ3n) is 3.54. The Balaban J connectivity index is 2.03. The molecule has 0 saturated heterocycles. The Hall–Kier alpha value is -2.85. The van der Waals surface area contributed by atoms with E-state index in [2.05, 4.69) is 35.5 Å². The van der Waals surface area contributed by atoms with E-state index in [1.165, 1.54) is 0 Å². The fraction of sp³-hybridized carbons (Fsp3) is 0.278. The minimum absolute atomic E-state index is 0.249. The predicted octanol–water partition coefficient (Wildman–Crippen LogP) is 4.12. The molecule has 0 aliphatic rings. The topological polar surface area (TPSA) is 82.9 Å². The smallest absolute Gasteiger partial charge is 0.183 e. The quantitative estimate of drug-likeness (QED) is 0.649. The number of thiazole rings is 1. The van der Waals surface area contributed by atoms with Crippen LogP contribution in [-0.2, 0) is 0 Å². The summed E-state index contributed by atoms with van der Waals surface area (Å²) in [6.45, 7) is 4.40. The first kappa shape index (κ1) is 17.0. The van der Waals surface area contributed by atoms with E-state index >= 15 is 0 Å². The molecule has 3 aromatic rings. The Morgan fingerprint density at radius 2 is 2.08 bits per heavy atom. The van der Waals surface area contributed by atoms with Crippen molar-refractivity contribution in [2.75, 3.05) is 24.3 Å². The summed E-state index contributed by atoms with van der Waals surface area (Å²) in [6, 6.07) is 10.1. The number of hydrogen-bond donors (Lipinski definition) is 2. The summed E-state index contributed by atoms with van der Waals surface area (Å²) in [5.74, 6) is 0.748. The van der Waals surface area contributed by atoms with Crippen LogP contribution in [0.15, 0.2) is 29.6 Å². The number of anilines is 2. The van der Waals surface area contributed by atoms with Gasteiger partial charge in [0, 0.05) is 28.6 Å². The summed E-state index contributed by atoms with van der Waals surface area (Å²) in [5.41, 5.74) is 3.21. The van der Waals surface area contributed by atoms with Gasteiger partial charge in [0.2, 0.25) is 0 Å². The highest BCUT2D eigenvalue weighted by Gasteiger charge is 2.12. The van der Waals surface area contributed by atoms with E-state index in [-0.39, 0.29) is 6.54 Å². The average Bonchev–Trinajstić information content (AvgIpc) is 3.06. The first-order chi connectivity index (χ1) is 12.1. The second-order valence-electron chi connectivity index (χ2n) is 5.79. The molecule has 128 valence electrons. The summed E-state index contributed by atoms with van der Waals surface area (Å²) in [7, 11) is 1.65. The first-order valence-electron chi connectivity index (χ1n) is 7.92. The molecule has 0 aliphatic heterocycles. The van der Waals surface area contributed by atoms with E-state index in [1.54, 1.807) is 18.4 Å². The average molecular weight is 353 g/mol. The van der Waals surface area contributed by atoms with Crippen LogP contribution in [0.1, 0.15) is 13.8 Å². The van der Waals surface area contributed by atoms with Crippen LogP contribution in [0.25, 0.3) is 22.3 Å². The maximum Gasteiger partial charge on any atom is 0.183 e. The standard InChI is InChI=1S/C18H19N5OS/c1-11(2)21-18-23-16(10-25-18)15-9-17(24-3)13-5-4-12(20-7-6-19)8-14(13)22-15/h4-5,8-11,20H,7H2,1-3H3,(H,21,23). The molecule has 0 radical (unpaired) electrons. The number of benzene rings is 1. The largest absolute Gasteiger partial charge is 0.496 e. The van der Waals surface area contributed by atoms with Gasteiger partial charge in [0.15, 0.2) is 5.13 Å². The Morgan fingerprint density at radius 1 is 1.24 bits per heavy atom. The summed E-state index contributed by atoms with van der Waals surface area (Å²) in [4.78, 5) is 9.33. The molecule has 0 aliphatic carbocycles. The van der Waals surface area contributed by atoms with Crippen molar-refractivity contribution in [2.24, 2.45) is 0 Å². The van der Waals surface area contributed by atoms with Crippen molar-refractivity contribution in [3.8, 4) is 23.2 Å². The number of methoxy groups -OCH3 is 1. The molecule has 2 N–H and O–H groups in total. The van der Waals surface area contributed by atoms with Gasteiger partial charge in [0.25, 0.3) is 0 Å². The number of nitriles is 1. The Labute approximate surface area is 150 Å². The molecule has 3 rings (SSSR count). The molecule has 2 aromatic heterocycles. The Kier molecular flexibility index (Phi) is 5.00. The molecule has 2 heterocycles. The molecular weight excluding hydrogens is 334 g/mol. The SMILES string of the molecule is COc1cc(-c2csc(NC(C)C)n2)nc2cc(NCC#N)ccc12. The van der Waals surface area contributed by atoms with Crippen molar-refractivity contribution < 1.29 is 4.74 Å². The lowest BCUT2D eigenvalue weighted by molar-refractivity contribution is 0.419. The van der Waals surface area contributed by atoms with Crippen LogP contribution in [0.3, 0.4) is 0 Å². The fourth-order valence-corrected chi connectivity index (χ4v) is 3.30. The molecule has 7 heteroatoms. The summed E-state index contributed by atoms with van der Waals surface area (Å²) in [5, 5.41) is 18.8. The van der Waals surface area contributed by atoms with Crippen LogP contribution >= 0.6 is 11.3 Å². The molecular formula is C18H19N5OS. The minimum atomic E-state index is 0.249. The van der Waals surface area contributed by atoms with Crippen LogP contribution in [0, 0.1) is 11.3 Å². The van der Waals surface area contributed by atoms with Crippen LogP contribution < -0.4 is 15.4 Å². The van der Waals surface area contributed by atoms with Crippen LogP contribution in [0.4, 0.5) is 10.8 Å². The first-order valence-corrected chi connectivity index (χ1v) is 8.80. The summed E-state index contributed by atoms with van der Waals surface area (Å²) < 4.78 is 5.53. The highest BCUT2D eigenvalue weighted by Crippen LogP contribution is 2.32. The third-order valence-corrected chi connectivity index (χ3v) is 4.32. The number of nitrogens with zero attached hydrogens (tertiary/aromatic N) is 3. The fourth-order valence-electron chi connectivity index (χ4n) is 2.45. The molecule has 0 unspecified atom stereocenters. The zero-order valence-electron chi connectivity index (χ0n) is 14.3. The van der Waals surface area contributed by atoms with E-state index < -0.39 is 0 Å². The van der Waals surface area contributed by atoms with Crippen molar-refractivity contribution in [1.29, 1.82) is 5.26 Å². The Morgan fingerprint density at radius 3 is 2.80 bits per heavy atom. The molecule has 0 bridgehead atoms. The molecule has 0 amide bonds. The predicted molar refractivity (Wildman–Crippen MR) is 102 cm³/mol. The second kappa shape index (κ2) is 7.36. The molecule has 0 atom stereocenters. The molecule has 1 aromatic carbocycles. The molecule has 0 spiro atoms. The van der Waals surface area contributed by atoms with Gasteiger partial charge >= 0.3 is 0 Å². The van der Waals surface area contributed by atoms with Gasteiger partial charge in [0.1, 0.15) is 18.0 Å². The monoisotopic (exact) mass is 353 g/mol. The van der Waals surface area contributed by atoms with Gasteiger partial charge in [0.05, 0.1) is 24.4 Å². The molecule has 25 heavy (non-hydrogen) atoms. The number of aromatic nitrogens is 2. The van der Waals surface area contributed by atoms with Gasteiger partial charge in [-0.25, -0.2) is 9.97 Å².